The Morgan fingerprint density at radius 3 is 2.10 bits per heavy atom. The molecule has 1 nitrogen and oxygen atoms in total. The Morgan fingerprint density at radius 2 is 1.70 bits per heavy atom. The molecule has 0 spiro atoms. The number of rotatable bonds is 2. The van der Waals surface area contributed by atoms with Crippen LogP contribution in [0.5, 0.6) is 0 Å². The first-order valence-electron chi connectivity index (χ1n) is 4.28. The molecule has 0 radical (unpaired) electrons. The van der Waals surface area contributed by atoms with E-state index in [0.717, 1.165) is 18.6 Å². The molecule has 0 aromatic carbocycles. The highest BCUT2D eigenvalue weighted by Gasteiger charge is 2.37. The minimum absolute atomic E-state index is 0.919. The molecule has 10 heavy (non-hydrogen) atoms. The maximum Gasteiger partial charge on any atom is 0.0166 e. The number of fused-ring (bicyclic) bond motifs is 2. The molecule has 1 heteroatoms. The molecule has 2 aliphatic heterocycles. The van der Waals surface area contributed by atoms with Crippen molar-refractivity contribution in [3.63, 3.8) is 0 Å². The quantitative estimate of drug-likeness (QED) is 0.524. The van der Waals surface area contributed by atoms with Crippen LogP contribution in [0.4, 0.5) is 0 Å². The molecule has 0 aromatic heterocycles. The fraction of sp³-hybridized carbons (Fsp3) is 0.778. The van der Waals surface area contributed by atoms with Crippen molar-refractivity contribution in [2.75, 3.05) is 6.54 Å². The zero-order valence-electron chi connectivity index (χ0n) is 6.42. The van der Waals surface area contributed by atoms with Gasteiger partial charge in [-0.05, 0) is 25.7 Å². The van der Waals surface area contributed by atoms with Gasteiger partial charge in [-0.15, -0.1) is 6.58 Å². The van der Waals surface area contributed by atoms with E-state index in [1.807, 2.05) is 6.08 Å². The zero-order valence-corrected chi connectivity index (χ0v) is 6.42. The average molecular weight is 137 g/mol. The molecule has 2 aliphatic rings. The summed E-state index contributed by atoms with van der Waals surface area (Å²) < 4.78 is 0. The maximum absolute atomic E-state index is 3.78. The summed E-state index contributed by atoms with van der Waals surface area (Å²) in [6, 6.07) is 1.84. The van der Waals surface area contributed by atoms with Gasteiger partial charge in [0.1, 0.15) is 0 Å². The van der Waals surface area contributed by atoms with Gasteiger partial charge in [0.05, 0.1) is 0 Å². The fourth-order valence-electron chi connectivity index (χ4n) is 2.47. The molecule has 2 rings (SSSR count). The number of hydrogen-bond acceptors (Lipinski definition) is 1. The fourth-order valence-corrected chi connectivity index (χ4v) is 2.47. The Bertz CT molecular complexity index is 122. The third-order valence-electron chi connectivity index (χ3n) is 2.94. The van der Waals surface area contributed by atoms with E-state index in [9.17, 15) is 0 Å². The van der Waals surface area contributed by atoms with Crippen molar-refractivity contribution in [2.24, 2.45) is 0 Å². The van der Waals surface area contributed by atoms with Crippen LogP contribution in [0.25, 0.3) is 0 Å². The van der Waals surface area contributed by atoms with Gasteiger partial charge in [0.15, 0.2) is 0 Å². The van der Waals surface area contributed by atoms with Gasteiger partial charge in [-0.1, -0.05) is 6.08 Å². The summed E-state index contributed by atoms with van der Waals surface area (Å²) in [5.74, 6) is 0. The van der Waals surface area contributed by atoms with Crippen LogP contribution in [0.3, 0.4) is 0 Å². The summed E-state index contributed by atoms with van der Waals surface area (Å²) in [6.45, 7) is 4.90. The molecular weight excluding hydrogens is 122 g/mol. The highest BCUT2D eigenvalue weighted by molar-refractivity contribution is 4.96. The van der Waals surface area contributed by atoms with Crippen LogP contribution in [-0.4, -0.2) is 23.5 Å². The Hall–Kier alpha value is -0.300. The van der Waals surface area contributed by atoms with Crippen LogP contribution in [0.15, 0.2) is 12.7 Å². The van der Waals surface area contributed by atoms with Crippen molar-refractivity contribution in [3.8, 4) is 0 Å². The van der Waals surface area contributed by atoms with Crippen LogP contribution < -0.4 is 0 Å². The van der Waals surface area contributed by atoms with E-state index in [2.05, 4.69) is 11.5 Å². The maximum atomic E-state index is 3.78. The van der Waals surface area contributed by atoms with E-state index in [4.69, 9.17) is 0 Å². The first kappa shape index (κ1) is 6.41. The lowest BCUT2D eigenvalue weighted by atomic mass is 10.0. The molecular formula is C9H15N. The minimum atomic E-state index is 0.919. The topological polar surface area (TPSA) is 3.24 Å². The van der Waals surface area contributed by atoms with Crippen molar-refractivity contribution >= 4 is 0 Å². The van der Waals surface area contributed by atoms with Gasteiger partial charge in [0.25, 0.3) is 0 Å². The van der Waals surface area contributed by atoms with Gasteiger partial charge in [-0.25, -0.2) is 0 Å². The number of hydrogen-bond donors (Lipinski definition) is 0. The van der Waals surface area contributed by atoms with Crippen molar-refractivity contribution < 1.29 is 0 Å². The van der Waals surface area contributed by atoms with E-state index in [0.29, 0.717) is 0 Å². The van der Waals surface area contributed by atoms with Crippen molar-refractivity contribution in [1.82, 2.24) is 4.90 Å². The highest BCUT2D eigenvalue weighted by Crippen LogP contribution is 2.36. The molecule has 2 bridgehead atoms. The molecule has 0 aliphatic carbocycles. The van der Waals surface area contributed by atoms with Gasteiger partial charge in [-0.3, -0.25) is 4.90 Å². The molecule has 2 heterocycles. The van der Waals surface area contributed by atoms with Crippen LogP contribution in [0, 0.1) is 0 Å². The van der Waals surface area contributed by atoms with Crippen molar-refractivity contribution in [3.05, 3.63) is 12.7 Å². The standard InChI is InChI=1S/C9H15N/c1-2-7-10-8-3-4-9(10)6-5-8/h2,8-9H,1,3-7H2. The van der Waals surface area contributed by atoms with Crippen LogP contribution in [-0.2, 0) is 0 Å². The van der Waals surface area contributed by atoms with E-state index in [1.165, 1.54) is 25.7 Å². The minimum Gasteiger partial charge on any atom is -0.294 e. The summed E-state index contributed by atoms with van der Waals surface area (Å²) in [5.41, 5.74) is 0. The normalized spacial score (nSPS) is 38.8. The molecule has 0 saturated carbocycles. The Kier molecular flexibility index (Phi) is 1.53. The van der Waals surface area contributed by atoms with Crippen molar-refractivity contribution in [2.45, 2.75) is 37.8 Å². The third-order valence-corrected chi connectivity index (χ3v) is 2.94. The number of nitrogens with zero attached hydrogens (tertiary/aromatic N) is 1. The lowest BCUT2D eigenvalue weighted by Gasteiger charge is -2.18. The Morgan fingerprint density at radius 1 is 1.20 bits per heavy atom. The summed E-state index contributed by atoms with van der Waals surface area (Å²) >= 11 is 0. The molecule has 0 amide bonds. The average Bonchev–Trinajstić information content (AvgIpc) is 2.50. The lowest BCUT2D eigenvalue weighted by Crippen LogP contribution is -2.28. The third kappa shape index (κ3) is 0.807. The molecule has 0 aromatic rings. The van der Waals surface area contributed by atoms with Gasteiger partial charge >= 0.3 is 0 Å². The predicted molar refractivity (Wildman–Crippen MR) is 42.9 cm³/mol. The van der Waals surface area contributed by atoms with E-state index in [1.54, 1.807) is 0 Å². The van der Waals surface area contributed by atoms with E-state index >= 15 is 0 Å². The monoisotopic (exact) mass is 137 g/mol. The lowest BCUT2D eigenvalue weighted by molar-refractivity contribution is 0.281. The van der Waals surface area contributed by atoms with Gasteiger partial charge in [0.2, 0.25) is 0 Å². The summed E-state index contributed by atoms with van der Waals surface area (Å²) in [6.07, 6.45) is 7.81. The predicted octanol–water partition coefficient (Wildman–Crippen LogP) is 1.80. The first-order chi connectivity index (χ1) is 4.92. The Labute approximate surface area is 62.7 Å². The zero-order chi connectivity index (χ0) is 6.97. The molecule has 2 fully saturated rings. The first-order valence-corrected chi connectivity index (χ1v) is 4.28. The summed E-state index contributed by atoms with van der Waals surface area (Å²) in [5, 5.41) is 0. The second kappa shape index (κ2) is 2.39. The molecule has 2 saturated heterocycles. The molecule has 0 N–H and O–H groups in total. The second-order valence-electron chi connectivity index (χ2n) is 3.45. The summed E-state index contributed by atoms with van der Waals surface area (Å²) in [7, 11) is 0. The van der Waals surface area contributed by atoms with Crippen LogP contribution >= 0.6 is 0 Å². The second-order valence-corrected chi connectivity index (χ2v) is 3.45. The molecule has 0 unspecified atom stereocenters. The summed E-state index contributed by atoms with van der Waals surface area (Å²) in [4.78, 5) is 2.62. The molecule has 56 valence electrons. The molecule has 0 atom stereocenters. The van der Waals surface area contributed by atoms with Gasteiger partial charge in [0, 0.05) is 18.6 Å². The van der Waals surface area contributed by atoms with Gasteiger partial charge < -0.3 is 0 Å². The smallest absolute Gasteiger partial charge is 0.0166 e. The van der Waals surface area contributed by atoms with Gasteiger partial charge in [-0.2, -0.15) is 0 Å². The Balaban J connectivity index is 2.02. The van der Waals surface area contributed by atoms with Crippen LogP contribution in [0.2, 0.25) is 0 Å². The SMILES string of the molecule is C=CCN1C2CCC1CC2. The van der Waals surface area contributed by atoms with Crippen molar-refractivity contribution in [1.29, 1.82) is 0 Å². The van der Waals surface area contributed by atoms with E-state index < -0.39 is 0 Å². The highest BCUT2D eigenvalue weighted by atomic mass is 15.2. The van der Waals surface area contributed by atoms with E-state index in [-0.39, 0.29) is 0 Å². The van der Waals surface area contributed by atoms with Crippen LogP contribution in [0.1, 0.15) is 25.7 Å². The largest absolute Gasteiger partial charge is 0.294 e.